The summed E-state index contributed by atoms with van der Waals surface area (Å²) in [7, 11) is 0. The standard InChI is InChI=1S/C31H33NO4/c33-22-28-19-27(13-16-31(28)36-23-26-9-5-2-6-10-26)30(35)21-32(20-25-7-3-1-4-8-25)18-17-24-11-14-29(34)15-12-24/h1-16,19,30,33-35H,17-18,20-23H2/t30-/m0/s1. The van der Waals surface area contributed by atoms with Gasteiger partial charge >= 0.3 is 0 Å². The summed E-state index contributed by atoms with van der Waals surface area (Å²) in [6.45, 7) is 2.15. The van der Waals surface area contributed by atoms with E-state index in [9.17, 15) is 15.3 Å². The minimum atomic E-state index is -0.720. The third kappa shape index (κ3) is 7.43. The van der Waals surface area contributed by atoms with Gasteiger partial charge in [-0.3, -0.25) is 4.90 Å². The van der Waals surface area contributed by atoms with Gasteiger partial charge in [-0.15, -0.1) is 0 Å². The Bertz CT molecular complexity index is 1200. The van der Waals surface area contributed by atoms with Crippen LogP contribution in [0.5, 0.6) is 11.5 Å². The molecule has 0 unspecified atom stereocenters. The highest BCUT2D eigenvalue weighted by Gasteiger charge is 2.16. The number of rotatable bonds is 12. The van der Waals surface area contributed by atoms with Gasteiger partial charge in [0.05, 0.1) is 12.7 Å². The highest BCUT2D eigenvalue weighted by atomic mass is 16.5. The highest BCUT2D eigenvalue weighted by molar-refractivity contribution is 5.38. The zero-order chi connectivity index (χ0) is 25.2. The molecule has 5 nitrogen and oxygen atoms in total. The van der Waals surface area contributed by atoms with E-state index in [1.165, 1.54) is 5.56 Å². The van der Waals surface area contributed by atoms with E-state index in [0.717, 1.165) is 29.7 Å². The van der Waals surface area contributed by atoms with Crippen molar-refractivity contribution in [3.8, 4) is 11.5 Å². The molecule has 0 saturated carbocycles. The molecule has 0 heterocycles. The Morgan fingerprint density at radius 3 is 2.08 bits per heavy atom. The van der Waals surface area contributed by atoms with Crippen molar-refractivity contribution in [3.63, 3.8) is 0 Å². The predicted molar refractivity (Wildman–Crippen MR) is 142 cm³/mol. The van der Waals surface area contributed by atoms with Crippen LogP contribution in [0.1, 0.15) is 33.9 Å². The molecule has 0 bridgehead atoms. The van der Waals surface area contributed by atoms with Gasteiger partial charge in [0.25, 0.3) is 0 Å². The molecule has 4 rings (SSSR count). The van der Waals surface area contributed by atoms with Gasteiger partial charge in [0, 0.05) is 25.2 Å². The quantitative estimate of drug-likeness (QED) is 0.257. The molecule has 1 atom stereocenters. The number of ether oxygens (including phenoxy) is 1. The zero-order valence-electron chi connectivity index (χ0n) is 20.3. The van der Waals surface area contributed by atoms with Gasteiger partial charge in [0.15, 0.2) is 0 Å². The molecule has 4 aromatic carbocycles. The van der Waals surface area contributed by atoms with Gasteiger partial charge in [0.1, 0.15) is 18.1 Å². The number of hydrogen-bond acceptors (Lipinski definition) is 5. The number of phenols is 1. The molecule has 4 aromatic rings. The summed E-state index contributed by atoms with van der Waals surface area (Å²) in [6.07, 6.45) is 0.0792. The SMILES string of the molecule is OCc1cc([C@@H](O)CN(CCc2ccc(O)cc2)Cc2ccccc2)ccc1OCc1ccccc1. The highest BCUT2D eigenvalue weighted by Crippen LogP contribution is 2.26. The normalized spacial score (nSPS) is 12.0. The van der Waals surface area contributed by atoms with Gasteiger partial charge in [-0.25, -0.2) is 0 Å². The lowest BCUT2D eigenvalue weighted by Gasteiger charge is -2.26. The average Bonchev–Trinajstić information content (AvgIpc) is 2.92. The molecule has 0 fully saturated rings. The van der Waals surface area contributed by atoms with Crippen molar-refractivity contribution in [2.75, 3.05) is 13.1 Å². The first-order valence-electron chi connectivity index (χ1n) is 12.2. The van der Waals surface area contributed by atoms with Crippen LogP contribution in [0.2, 0.25) is 0 Å². The van der Waals surface area contributed by atoms with E-state index in [2.05, 4.69) is 17.0 Å². The lowest BCUT2D eigenvalue weighted by Crippen LogP contribution is -2.30. The van der Waals surface area contributed by atoms with Crippen LogP contribution in [0.15, 0.2) is 103 Å². The molecule has 186 valence electrons. The molecular formula is C31H33NO4. The van der Waals surface area contributed by atoms with Crippen LogP contribution in [-0.2, 0) is 26.2 Å². The largest absolute Gasteiger partial charge is 0.508 e. The Kier molecular flexibility index (Phi) is 9.11. The molecule has 0 aliphatic rings. The van der Waals surface area contributed by atoms with Crippen molar-refractivity contribution in [1.29, 1.82) is 0 Å². The molecule has 0 aliphatic carbocycles. The van der Waals surface area contributed by atoms with Crippen LogP contribution in [0.4, 0.5) is 0 Å². The molecule has 5 heteroatoms. The molecular weight excluding hydrogens is 450 g/mol. The monoisotopic (exact) mass is 483 g/mol. The van der Waals surface area contributed by atoms with Crippen molar-refractivity contribution in [2.24, 2.45) is 0 Å². The van der Waals surface area contributed by atoms with Crippen molar-refractivity contribution in [1.82, 2.24) is 4.90 Å². The second kappa shape index (κ2) is 12.9. The van der Waals surface area contributed by atoms with E-state index in [0.29, 0.717) is 31.0 Å². The first-order valence-corrected chi connectivity index (χ1v) is 12.2. The second-order valence-corrected chi connectivity index (χ2v) is 8.95. The topological polar surface area (TPSA) is 73.2 Å². The third-order valence-electron chi connectivity index (χ3n) is 6.21. The molecule has 0 spiro atoms. The van der Waals surface area contributed by atoms with E-state index >= 15 is 0 Å². The maximum absolute atomic E-state index is 11.1. The number of aliphatic hydroxyl groups excluding tert-OH is 2. The van der Waals surface area contributed by atoms with Crippen LogP contribution in [-0.4, -0.2) is 33.3 Å². The fraction of sp³-hybridized carbons (Fsp3) is 0.226. The molecule has 36 heavy (non-hydrogen) atoms. The number of hydrogen-bond donors (Lipinski definition) is 3. The number of nitrogens with zero attached hydrogens (tertiary/aromatic N) is 1. The van der Waals surface area contributed by atoms with Gasteiger partial charge in [-0.2, -0.15) is 0 Å². The minimum absolute atomic E-state index is 0.167. The van der Waals surface area contributed by atoms with E-state index in [4.69, 9.17) is 4.74 Å². The Morgan fingerprint density at radius 2 is 1.42 bits per heavy atom. The maximum atomic E-state index is 11.1. The second-order valence-electron chi connectivity index (χ2n) is 8.95. The summed E-state index contributed by atoms with van der Waals surface area (Å²) in [6, 6.07) is 32.9. The predicted octanol–water partition coefficient (Wildman–Crippen LogP) is 5.24. The van der Waals surface area contributed by atoms with Crippen LogP contribution < -0.4 is 4.74 Å². The fourth-order valence-electron chi connectivity index (χ4n) is 4.18. The average molecular weight is 484 g/mol. The van der Waals surface area contributed by atoms with E-state index in [1.807, 2.05) is 78.9 Å². The smallest absolute Gasteiger partial charge is 0.125 e. The number of aromatic hydroxyl groups is 1. The molecule has 0 radical (unpaired) electrons. The van der Waals surface area contributed by atoms with Crippen molar-refractivity contribution < 1.29 is 20.1 Å². The molecule has 0 aromatic heterocycles. The number of aliphatic hydroxyl groups is 2. The van der Waals surface area contributed by atoms with Gasteiger partial charge in [-0.1, -0.05) is 78.9 Å². The molecule has 0 amide bonds. The summed E-state index contributed by atoms with van der Waals surface area (Å²) in [5, 5.41) is 30.6. The van der Waals surface area contributed by atoms with E-state index in [-0.39, 0.29) is 12.4 Å². The van der Waals surface area contributed by atoms with Crippen LogP contribution >= 0.6 is 0 Å². The third-order valence-corrected chi connectivity index (χ3v) is 6.21. The maximum Gasteiger partial charge on any atom is 0.125 e. The first-order chi connectivity index (χ1) is 17.6. The Labute approximate surface area is 212 Å². The summed E-state index contributed by atoms with van der Waals surface area (Å²) in [4.78, 5) is 2.23. The molecule has 0 aliphatic heterocycles. The molecule has 0 saturated heterocycles. The summed E-state index contributed by atoms with van der Waals surface area (Å²) in [5.41, 5.74) is 4.75. The van der Waals surface area contributed by atoms with Crippen molar-refractivity contribution in [3.05, 3.63) is 131 Å². The summed E-state index contributed by atoms with van der Waals surface area (Å²) in [5.74, 6) is 0.872. The number of benzene rings is 4. The van der Waals surface area contributed by atoms with E-state index < -0.39 is 6.10 Å². The Balaban J connectivity index is 1.44. The van der Waals surface area contributed by atoms with Gasteiger partial charge in [-0.05, 0) is 52.9 Å². The lowest BCUT2D eigenvalue weighted by molar-refractivity contribution is 0.109. The van der Waals surface area contributed by atoms with Crippen LogP contribution in [0.25, 0.3) is 0 Å². The van der Waals surface area contributed by atoms with Gasteiger partial charge in [0.2, 0.25) is 0 Å². The minimum Gasteiger partial charge on any atom is -0.508 e. The van der Waals surface area contributed by atoms with Crippen LogP contribution in [0, 0.1) is 0 Å². The summed E-state index contributed by atoms with van der Waals surface area (Å²) >= 11 is 0. The van der Waals surface area contributed by atoms with Crippen molar-refractivity contribution in [2.45, 2.75) is 32.3 Å². The Morgan fingerprint density at radius 1 is 0.750 bits per heavy atom. The first kappa shape index (κ1) is 25.5. The number of phenolic OH excluding ortho intramolecular Hbond substituents is 1. The Hall–Kier alpha value is -3.64. The molecule has 3 N–H and O–H groups in total. The lowest BCUT2D eigenvalue weighted by atomic mass is 10.0. The summed E-state index contributed by atoms with van der Waals surface area (Å²) < 4.78 is 5.94. The fourth-order valence-corrected chi connectivity index (χ4v) is 4.18. The van der Waals surface area contributed by atoms with E-state index in [1.54, 1.807) is 12.1 Å². The van der Waals surface area contributed by atoms with Crippen LogP contribution in [0.3, 0.4) is 0 Å². The van der Waals surface area contributed by atoms with Crippen molar-refractivity contribution >= 4 is 0 Å². The zero-order valence-corrected chi connectivity index (χ0v) is 20.3. The van der Waals surface area contributed by atoms with Gasteiger partial charge < -0.3 is 20.1 Å².